The van der Waals surface area contributed by atoms with Crippen LogP contribution in [-0.2, 0) is 16.0 Å². The Morgan fingerprint density at radius 3 is 2.88 bits per heavy atom. The van der Waals surface area contributed by atoms with Crippen molar-refractivity contribution in [3.8, 4) is 0 Å². The van der Waals surface area contributed by atoms with E-state index >= 15 is 0 Å². The first-order valence-corrected chi connectivity index (χ1v) is 5.99. The standard InChI is InChI=1S/C13H14ClNO2/c1-2-3-9-4-5-10(6-12(9)14)15-11-7-13(16)17-8-11/h4-7,15H,2-3,8H2,1H3. The molecule has 90 valence electrons. The average Bonchev–Trinajstić information content (AvgIpc) is 2.68. The number of nitrogens with one attached hydrogen (secondary N) is 1. The molecule has 0 amide bonds. The molecule has 0 unspecified atom stereocenters. The van der Waals surface area contributed by atoms with Gasteiger partial charge in [-0.05, 0) is 24.1 Å². The molecule has 1 aliphatic heterocycles. The van der Waals surface area contributed by atoms with E-state index in [-0.39, 0.29) is 5.97 Å². The van der Waals surface area contributed by atoms with Crippen LogP contribution in [0.15, 0.2) is 30.0 Å². The predicted octanol–water partition coefficient (Wildman–Crippen LogP) is 3.15. The van der Waals surface area contributed by atoms with Crippen molar-refractivity contribution in [3.05, 3.63) is 40.6 Å². The SMILES string of the molecule is CCCc1ccc(NC2=CC(=O)OC2)cc1Cl. The number of cyclic esters (lactones) is 1. The number of carbonyl (C=O) groups is 1. The molecule has 0 aromatic heterocycles. The Balaban J connectivity index is 2.10. The molecule has 0 fully saturated rings. The van der Waals surface area contributed by atoms with Crippen molar-refractivity contribution in [3.63, 3.8) is 0 Å². The fraction of sp³-hybridized carbons (Fsp3) is 0.308. The smallest absolute Gasteiger partial charge is 0.333 e. The summed E-state index contributed by atoms with van der Waals surface area (Å²) in [7, 11) is 0. The Kier molecular flexibility index (Phi) is 3.69. The zero-order valence-electron chi connectivity index (χ0n) is 9.63. The number of aryl methyl sites for hydroxylation is 1. The van der Waals surface area contributed by atoms with E-state index in [0.29, 0.717) is 6.61 Å². The summed E-state index contributed by atoms with van der Waals surface area (Å²) in [5, 5.41) is 3.86. The predicted molar refractivity (Wildman–Crippen MR) is 68.1 cm³/mol. The highest BCUT2D eigenvalue weighted by atomic mass is 35.5. The Bertz CT molecular complexity index is 468. The minimum atomic E-state index is -0.304. The Hall–Kier alpha value is -1.48. The first-order chi connectivity index (χ1) is 8.19. The van der Waals surface area contributed by atoms with Crippen molar-refractivity contribution in [1.29, 1.82) is 0 Å². The van der Waals surface area contributed by atoms with Gasteiger partial charge >= 0.3 is 5.97 Å². The summed E-state index contributed by atoms with van der Waals surface area (Å²) in [5.41, 5.74) is 2.78. The Morgan fingerprint density at radius 1 is 1.47 bits per heavy atom. The molecule has 0 atom stereocenters. The summed E-state index contributed by atoms with van der Waals surface area (Å²) in [6.07, 6.45) is 3.50. The van der Waals surface area contributed by atoms with Gasteiger partial charge in [-0.25, -0.2) is 4.79 Å². The number of benzene rings is 1. The van der Waals surface area contributed by atoms with Gasteiger partial charge in [0, 0.05) is 16.8 Å². The molecule has 0 aliphatic carbocycles. The molecule has 1 aliphatic rings. The van der Waals surface area contributed by atoms with Gasteiger partial charge in [-0.3, -0.25) is 0 Å². The zero-order chi connectivity index (χ0) is 12.3. The second-order valence-electron chi connectivity index (χ2n) is 3.96. The van der Waals surface area contributed by atoms with Crippen molar-refractivity contribution in [2.45, 2.75) is 19.8 Å². The van der Waals surface area contributed by atoms with Crippen LogP contribution in [0, 0.1) is 0 Å². The summed E-state index contributed by atoms with van der Waals surface area (Å²) < 4.78 is 4.80. The molecule has 1 aromatic carbocycles. The minimum Gasteiger partial charge on any atom is -0.456 e. The number of carbonyl (C=O) groups excluding carboxylic acids is 1. The second-order valence-corrected chi connectivity index (χ2v) is 4.37. The maximum Gasteiger partial charge on any atom is 0.333 e. The summed E-state index contributed by atoms with van der Waals surface area (Å²) >= 11 is 6.16. The number of hydrogen-bond donors (Lipinski definition) is 1. The van der Waals surface area contributed by atoms with Gasteiger partial charge in [0.1, 0.15) is 6.61 Å². The van der Waals surface area contributed by atoms with Crippen LogP contribution in [-0.4, -0.2) is 12.6 Å². The van der Waals surface area contributed by atoms with E-state index in [4.69, 9.17) is 16.3 Å². The van der Waals surface area contributed by atoms with E-state index in [9.17, 15) is 4.79 Å². The molecule has 17 heavy (non-hydrogen) atoms. The summed E-state index contributed by atoms with van der Waals surface area (Å²) in [4.78, 5) is 10.9. The lowest BCUT2D eigenvalue weighted by Crippen LogP contribution is -2.01. The third-order valence-electron chi connectivity index (χ3n) is 2.54. The summed E-state index contributed by atoms with van der Waals surface area (Å²) in [6, 6.07) is 5.84. The van der Waals surface area contributed by atoms with E-state index in [1.807, 2.05) is 18.2 Å². The molecule has 0 radical (unpaired) electrons. The molecule has 4 heteroatoms. The summed E-state index contributed by atoms with van der Waals surface area (Å²) in [6.45, 7) is 2.42. The average molecular weight is 252 g/mol. The van der Waals surface area contributed by atoms with E-state index in [2.05, 4.69) is 12.2 Å². The quantitative estimate of drug-likeness (QED) is 0.836. The van der Waals surface area contributed by atoms with Crippen molar-refractivity contribution in [2.75, 3.05) is 11.9 Å². The highest BCUT2D eigenvalue weighted by molar-refractivity contribution is 6.31. The van der Waals surface area contributed by atoms with Crippen LogP contribution >= 0.6 is 11.6 Å². The van der Waals surface area contributed by atoms with Gasteiger partial charge in [-0.15, -0.1) is 0 Å². The molecular formula is C13H14ClNO2. The van der Waals surface area contributed by atoms with Crippen molar-refractivity contribution in [1.82, 2.24) is 0 Å². The van der Waals surface area contributed by atoms with E-state index < -0.39 is 0 Å². The maximum absolute atomic E-state index is 10.9. The van der Waals surface area contributed by atoms with Crippen LogP contribution in [0.3, 0.4) is 0 Å². The summed E-state index contributed by atoms with van der Waals surface area (Å²) in [5.74, 6) is -0.304. The van der Waals surface area contributed by atoms with Gasteiger partial charge in [0.2, 0.25) is 0 Å². The van der Waals surface area contributed by atoms with Crippen LogP contribution in [0.25, 0.3) is 0 Å². The number of halogens is 1. The van der Waals surface area contributed by atoms with Crippen LogP contribution < -0.4 is 5.32 Å². The van der Waals surface area contributed by atoms with Crippen molar-refractivity contribution in [2.24, 2.45) is 0 Å². The van der Waals surface area contributed by atoms with Crippen LogP contribution in [0.2, 0.25) is 5.02 Å². The minimum absolute atomic E-state index is 0.299. The highest BCUT2D eigenvalue weighted by Gasteiger charge is 2.12. The monoisotopic (exact) mass is 251 g/mol. The molecule has 0 saturated carbocycles. The largest absolute Gasteiger partial charge is 0.456 e. The van der Waals surface area contributed by atoms with E-state index in [0.717, 1.165) is 34.8 Å². The van der Waals surface area contributed by atoms with Gasteiger partial charge in [-0.2, -0.15) is 0 Å². The number of esters is 1. The molecule has 0 spiro atoms. The Labute approximate surface area is 105 Å². The van der Waals surface area contributed by atoms with Crippen LogP contribution in [0.5, 0.6) is 0 Å². The van der Waals surface area contributed by atoms with Crippen LogP contribution in [0.1, 0.15) is 18.9 Å². The molecular weight excluding hydrogens is 238 g/mol. The number of anilines is 1. The molecule has 2 rings (SSSR count). The first-order valence-electron chi connectivity index (χ1n) is 5.62. The molecule has 0 saturated heterocycles. The highest BCUT2D eigenvalue weighted by Crippen LogP contribution is 2.23. The maximum atomic E-state index is 10.9. The van der Waals surface area contributed by atoms with E-state index in [1.54, 1.807) is 0 Å². The molecule has 1 heterocycles. The molecule has 1 N–H and O–H groups in total. The lowest BCUT2D eigenvalue weighted by Gasteiger charge is -2.08. The number of rotatable bonds is 4. The molecule has 0 bridgehead atoms. The molecule has 3 nitrogen and oxygen atoms in total. The van der Waals surface area contributed by atoms with Gasteiger partial charge in [0.15, 0.2) is 0 Å². The Morgan fingerprint density at radius 2 is 2.29 bits per heavy atom. The van der Waals surface area contributed by atoms with E-state index in [1.165, 1.54) is 6.08 Å². The topological polar surface area (TPSA) is 38.3 Å². The third-order valence-corrected chi connectivity index (χ3v) is 2.89. The number of ether oxygens (including phenoxy) is 1. The zero-order valence-corrected chi connectivity index (χ0v) is 10.4. The second kappa shape index (κ2) is 5.23. The van der Waals surface area contributed by atoms with Gasteiger partial charge in [0.05, 0.1) is 5.70 Å². The first kappa shape index (κ1) is 12.0. The van der Waals surface area contributed by atoms with Gasteiger partial charge in [0.25, 0.3) is 0 Å². The van der Waals surface area contributed by atoms with Gasteiger partial charge in [-0.1, -0.05) is 31.0 Å². The lowest BCUT2D eigenvalue weighted by molar-refractivity contribution is -0.134. The number of hydrogen-bond acceptors (Lipinski definition) is 3. The van der Waals surface area contributed by atoms with Crippen LogP contribution in [0.4, 0.5) is 5.69 Å². The normalized spacial score (nSPS) is 14.5. The van der Waals surface area contributed by atoms with Crippen molar-refractivity contribution >= 4 is 23.3 Å². The van der Waals surface area contributed by atoms with Crippen molar-refractivity contribution < 1.29 is 9.53 Å². The third kappa shape index (κ3) is 3.01. The fourth-order valence-corrected chi connectivity index (χ4v) is 2.00. The lowest BCUT2D eigenvalue weighted by atomic mass is 10.1. The fourth-order valence-electron chi connectivity index (χ4n) is 1.73. The molecule has 1 aromatic rings. The van der Waals surface area contributed by atoms with Gasteiger partial charge < -0.3 is 10.1 Å².